The van der Waals surface area contributed by atoms with E-state index in [1.807, 2.05) is 0 Å². The quantitative estimate of drug-likeness (QED) is 0.172. The Morgan fingerprint density at radius 2 is 1.14 bits per heavy atom. The van der Waals surface area contributed by atoms with E-state index in [0.29, 0.717) is 22.5 Å². The van der Waals surface area contributed by atoms with Crippen LogP contribution in [-0.4, -0.2) is 31.6 Å². The topological polar surface area (TPSA) is 170 Å². The Bertz CT molecular complexity index is 1420. The smallest absolute Gasteiger partial charge is 0.294 e. The number of thiazole rings is 2. The fraction of sp³-hybridized carbons (Fsp3) is 0. The van der Waals surface area contributed by atoms with Crippen LogP contribution >= 0.6 is 45.9 Å². The number of nitro benzene ring substituents is 2. The van der Waals surface area contributed by atoms with Gasteiger partial charge in [-0.3, -0.25) is 40.5 Å². The fourth-order valence-corrected chi connectivity index (χ4v) is 4.66. The summed E-state index contributed by atoms with van der Waals surface area (Å²) in [5.41, 5.74) is 0.926. The normalized spacial score (nSPS) is 10.6. The molecular weight excluding hydrogens is 555 g/mol. The van der Waals surface area contributed by atoms with Crippen LogP contribution in [0.1, 0.15) is 0 Å². The molecule has 36 heavy (non-hydrogen) atoms. The Morgan fingerprint density at radius 1 is 0.750 bits per heavy atom. The van der Waals surface area contributed by atoms with Gasteiger partial charge in [0.05, 0.1) is 21.2 Å². The molecule has 0 aliphatic carbocycles. The summed E-state index contributed by atoms with van der Waals surface area (Å²) >= 11 is 13.7. The molecule has 2 amide bonds. The number of carbonyl (C=O) groups is 2. The summed E-state index contributed by atoms with van der Waals surface area (Å²) in [5.74, 6) is -2.03. The second-order valence-corrected chi connectivity index (χ2v) is 9.36. The Hall–Kier alpha value is -3.98. The lowest BCUT2D eigenvalue weighted by Gasteiger charge is -2.02. The zero-order valence-electron chi connectivity index (χ0n) is 17.4. The Labute approximate surface area is 218 Å². The highest BCUT2D eigenvalue weighted by Crippen LogP contribution is 2.33. The highest BCUT2D eigenvalue weighted by Gasteiger charge is 2.20. The van der Waals surface area contributed by atoms with Gasteiger partial charge in [-0.1, -0.05) is 35.3 Å². The summed E-state index contributed by atoms with van der Waals surface area (Å²) in [6, 6.07) is 8.32. The molecule has 4 aromatic rings. The molecule has 16 heteroatoms. The number of amides is 2. The van der Waals surface area contributed by atoms with Crippen LogP contribution in [0.2, 0.25) is 10.0 Å². The van der Waals surface area contributed by atoms with Crippen molar-refractivity contribution in [1.82, 2.24) is 9.97 Å². The number of hydrogen-bond acceptors (Lipinski definition) is 10. The third kappa shape index (κ3) is 5.46. The van der Waals surface area contributed by atoms with Crippen molar-refractivity contribution >= 4 is 79.3 Å². The van der Waals surface area contributed by atoms with Gasteiger partial charge in [0.2, 0.25) is 0 Å². The number of aromatic nitrogens is 2. The van der Waals surface area contributed by atoms with Crippen LogP contribution in [0.4, 0.5) is 21.6 Å². The van der Waals surface area contributed by atoms with Crippen LogP contribution < -0.4 is 10.6 Å². The predicted octanol–water partition coefficient (Wildman–Crippen LogP) is 5.63. The van der Waals surface area contributed by atoms with Crippen molar-refractivity contribution in [2.24, 2.45) is 0 Å². The molecule has 182 valence electrons. The van der Waals surface area contributed by atoms with Crippen LogP contribution in [-0.2, 0) is 9.59 Å². The molecule has 4 rings (SSSR count). The Kier molecular flexibility index (Phi) is 7.21. The second-order valence-electron chi connectivity index (χ2n) is 6.83. The van der Waals surface area contributed by atoms with Crippen LogP contribution in [0.5, 0.6) is 0 Å². The van der Waals surface area contributed by atoms with Crippen LogP contribution in [0.15, 0.2) is 47.2 Å². The number of nitro groups is 2. The van der Waals surface area contributed by atoms with E-state index < -0.39 is 21.7 Å². The Balaban J connectivity index is 1.42. The SMILES string of the molecule is O=C(Nc1nc(-c2ccc(Cl)c([N+](=O)[O-])c2)cs1)C(=O)Nc1nc(-c2ccc(Cl)c([N+](=O)[O-])c2)cs1. The lowest BCUT2D eigenvalue weighted by atomic mass is 10.1. The van der Waals surface area contributed by atoms with Gasteiger partial charge in [0.25, 0.3) is 11.4 Å². The number of halogens is 2. The van der Waals surface area contributed by atoms with E-state index in [1.54, 1.807) is 10.8 Å². The van der Waals surface area contributed by atoms with E-state index >= 15 is 0 Å². The lowest BCUT2D eigenvalue weighted by Crippen LogP contribution is -2.28. The molecule has 0 spiro atoms. The second kappa shape index (κ2) is 10.3. The van der Waals surface area contributed by atoms with Crippen LogP contribution in [0, 0.1) is 20.2 Å². The van der Waals surface area contributed by atoms with E-state index in [-0.39, 0.29) is 31.7 Å². The highest BCUT2D eigenvalue weighted by molar-refractivity contribution is 7.14. The van der Waals surface area contributed by atoms with Gasteiger partial charge in [0, 0.05) is 34.0 Å². The van der Waals surface area contributed by atoms with Gasteiger partial charge in [-0.2, -0.15) is 0 Å². The molecule has 0 saturated carbocycles. The minimum Gasteiger partial charge on any atom is -0.294 e. The van der Waals surface area contributed by atoms with Gasteiger partial charge >= 0.3 is 11.8 Å². The molecule has 0 unspecified atom stereocenters. The van der Waals surface area contributed by atoms with Crippen LogP contribution in [0.3, 0.4) is 0 Å². The summed E-state index contributed by atoms with van der Waals surface area (Å²) in [5, 5.41) is 30.1. The van der Waals surface area contributed by atoms with Gasteiger partial charge in [0.1, 0.15) is 10.0 Å². The van der Waals surface area contributed by atoms with Gasteiger partial charge in [-0.05, 0) is 12.1 Å². The maximum absolute atomic E-state index is 12.3. The average molecular weight is 565 g/mol. The summed E-state index contributed by atoms with van der Waals surface area (Å²) in [6.45, 7) is 0. The fourth-order valence-electron chi connectivity index (χ4n) is 2.86. The number of hydrogen-bond donors (Lipinski definition) is 2. The van der Waals surface area contributed by atoms with Crippen molar-refractivity contribution in [3.05, 3.63) is 77.4 Å². The number of rotatable bonds is 6. The lowest BCUT2D eigenvalue weighted by molar-refractivity contribution is -0.384. The molecule has 0 atom stereocenters. The molecule has 2 aromatic carbocycles. The minimum atomic E-state index is -1.02. The van der Waals surface area contributed by atoms with Gasteiger partial charge in [-0.25, -0.2) is 9.97 Å². The maximum Gasteiger partial charge on any atom is 0.315 e. The molecule has 12 nitrogen and oxygen atoms in total. The van der Waals surface area contributed by atoms with Crippen LogP contribution in [0.25, 0.3) is 22.5 Å². The number of anilines is 2. The standard InChI is InChI=1S/C20H10Cl2N6O6S2/c21-11-3-1-9(5-15(11)27(31)32)13-7-35-19(23-13)25-17(29)18(30)26-20-24-14(8-36-20)10-2-4-12(22)16(6-10)28(33)34/h1-8H,(H,23,25,29)(H,24,26,30). The first-order chi connectivity index (χ1) is 17.1. The molecule has 2 N–H and O–H groups in total. The molecule has 0 bridgehead atoms. The Morgan fingerprint density at radius 3 is 1.50 bits per heavy atom. The largest absolute Gasteiger partial charge is 0.315 e. The molecule has 0 aliphatic rings. The number of benzene rings is 2. The van der Waals surface area contributed by atoms with E-state index in [1.165, 1.54) is 36.4 Å². The third-order valence-electron chi connectivity index (χ3n) is 4.53. The van der Waals surface area contributed by atoms with Crippen molar-refractivity contribution in [2.75, 3.05) is 10.6 Å². The highest BCUT2D eigenvalue weighted by atomic mass is 35.5. The molecular formula is C20H10Cl2N6O6S2. The average Bonchev–Trinajstić information content (AvgIpc) is 3.49. The molecule has 0 saturated heterocycles. The number of carbonyl (C=O) groups excluding carboxylic acids is 2. The monoisotopic (exact) mass is 564 g/mol. The first kappa shape index (κ1) is 25.1. The first-order valence-corrected chi connectivity index (χ1v) is 12.1. The van der Waals surface area contributed by atoms with E-state index in [2.05, 4.69) is 20.6 Å². The van der Waals surface area contributed by atoms with Crippen molar-refractivity contribution in [3.8, 4) is 22.5 Å². The molecule has 0 radical (unpaired) electrons. The van der Waals surface area contributed by atoms with E-state index in [0.717, 1.165) is 22.7 Å². The van der Waals surface area contributed by atoms with Crippen molar-refractivity contribution in [3.63, 3.8) is 0 Å². The molecule has 0 aliphatic heterocycles. The minimum absolute atomic E-state index is 0.0243. The van der Waals surface area contributed by atoms with Gasteiger partial charge in [-0.15, -0.1) is 22.7 Å². The van der Waals surface area contributed by atoms with Crippen molar-refractivity contribution in [2.45, 2.75) is 0 Å². The third-order valence-corrected chi connectivity index (χ3v) is 6.69. The summed E-state index contributed by atoms with van der Waals surface area (Å²) in [4.78, 5) is 53.9. The van der Waals surface area contributed by atoms with Gasteiger partial charge in [0.15, 0.2) is 10.3 Å². The van der Waals surface area contributed by atoms with Crippen molar-refractivity contribution < 1.29 is 19.4 Å². The number of nitrogens with zero attached hydrogens (tertiary/aromatic N) is 4. The molecule has 0 fully saturated rings. The predicted molar refractivity (Wildman–Crippen MR) is 136 cm³/mol. The zero-order chi connectivity index (χ0) is 26.0. The van der Waals surface area contributed by atoms with E-state index in [9.17, 15) is 29.8 Å². The van der Waals surface area contributed by atoms with E-state index in [4.69, 9.17) is 23.2 Å². The first-order valence-electron chi connectivity index (χ1n) is 9.54. The number of nitrogens with one attached hydrogen (secondary N) is 2. The van der Waals surface area contributed by atoms with Gasteiger partial charge < -0.3 is 0 Å². The molecule has 2 aromatic heterocycles. The maximum atomic E-state index is 12.3. The summed E-state index contributed by atoms with van der Waals surface area (Å²) < 4.78 is 0. The summed E-state index contributed by atoms with van der Waals surface area (Å²) in [6.07, 6.45) is 0. The molecule has 2 heterocycles. The summed E-state index contributed by atoms with van der Waals surface area (Å²) in [7, 11) is 0. The zero-order valence-corrected chi connectivity index (χ0v) is 20.6. The van der Waals surface area contributed by atoms with Crippen molar-refractivity contribution in [1.29, 1.82) is 0 Å².